The third-order valence-electron chi connectivity index (χ3n) is 2.38. The van der Waals surface area contributed by atoms with Crippen molar-refractivity contribution in [3.8, 4) is 5.88 Å². The van der Waals surface area contributed by atoms with Crippen LogP contribution in [-0.2, 0) is 6.54 Å². The van der Waals surface area contributed by atoms with Gasteiger partial charge in [-0.15, -0.1) is 11.6 Å². The Hall–Kier alpha value is -0.800. The van der Waals surface area contributed by atoms with Crippen LogP contribution in [0.5, 0.6) is 5.88 Å². The lowest BCUT2D eigenvalue weighted by Gasteiger charge is -2.21. The molecule has 4 heteroatoms. The van der Waals surface area contributed by atoms with Crippen LogP contribution < -0.4 is 4.74 Å². The molecule has 0 unspecified atom stereocenters. The highest BCUT2D eigenvalue weighted by molar-refractivity contribution is 6.18. The maximum Gasteiger partial charge on any atom is 0.217 e. The zero-order chi connectivity index (χ0) is 11.8. The quantitative estimate of drug-likeness (QED) is 0.687. The molecule has 90 valence electrons. The number of hydrogen-bond acceptors (Lipinski definition) is 3. The van der Waals surface area contributed by atoms with Crippen LogP contribution in [0, 0.1) is 0 Å². The van der Waals surface area contributed by atoms with Crippen molar-refractivity contribution < 1.29 is 4.74 Å². The average Bonchev–Trinajstić information content (AvgIpc) is 2.30. The van der Waals surface area contributed by atoms with Crippen LogP contribution in [0.1, 0.15) is 18.9 Å². The van der Waals surface area contributed by atoms with Crippen LogP contribution in [0.4, 0.5) is 0 Å². The fraction of sp³-hybridized carbons (Fsp3) is 0.583. The van der Waals surface area contributed by atoms with Crippen LogP contribution >= 0.6 is 11.6 Å². The maximum atomic E-state index is 5.78. The van der Waals surface area contributed by atoms with E-state index in [1.807, 2.05) is 12.1 Å². The molecule has 0 saturated carbocycles. The Labute approximate surface area is 102 Å². The van der Waals surface area contributed by atoms with Gasteiger partial charge in [0.25, 0.3) is 0 Å². The molecule has 0 aromatic carbocycles. The Morgan fingerprint density at radius 1 is 1.44 bits per heavy atom. The van der Waals surface area contributed by atoms with Gasteiger partial charge >= 0.3 is 0 Å². The van der Waals surface area contributed by atoms with E-state index in [1.54, 1.807) is 13.3 Å². The number of aromatic nitrogens is 1. The molecule has 0 aliphatic heterocycles. The summed E-state index contributed by atoms with van der Waals surface area (Å²) in [5.41, 5.74) is 1.11. The van der Waals surface area contributed by atoms with E-state index < -0.39 is 0 Å². The first kappa shape index (κ1) is 13.3. The molecule has 3 nitrogen and oxygen atoms in total. The highest BCUT2D eigenvalue weighted by Gasteiger charge is 2.08. The van der Waals surface area contributed by atoms with Gasteiger partial charge < -0.3 is 4.74 Å². The predicted molar refractivity (Wildman–Crippen MR) is 67.1 cm³/mol. The van der Waals surface area contributed by atoms with Crippen LogP contribution in [0.3, 0.4) is 0 Å². The topological polar surface area (TPSA) is 25.4 Å². The van der Waals surface area contributed by atoms with Crippen molar-refractivity contribution in [2.45, 2.75) is 19.9 Å². The van der Waals surface area contributed by atoms with Gasteiger partial charge in [0.1, 0.15) is 0 Å². The Morgan fingerprint density at radius 2 is 2.25 bits per heavy atom. The molecule has 0 aliphatic carbocycles. The van der Waals surface area contributed by atoms with Gasteiger partial charge in [0.2, 0.25) is 5.88 Å². The van der Waals surface area contributed by atoms with Crippen molar-refractivity contribution in [1.82, 2.24) is 9.88 Å². The van der Waals surface area contributed by atoms with Crippen molar-refractivity contribution in [3.63, 3.8) is 0 Å². The van der Waals surface area contributed by atoms with Gasteiger partial charge in [-0.3, -0.25) is 4.90 Å². The third kappa shape index (κ3) is 3.99. The minimum atomic E-state index is 0.655. The van der Waals surface area contributed by atoms with E-state index in [2.05, 4.69) is 16.8 Å². The zero-order valence-corrected chi connectivity index (χ0v) is 10.7. The number of methoxy groups -OCH3 is 1. The molecule has 0 fully saturated rings. The summed E-state index contributed by atoms with van der Waals surface area (Å²) < 4.78 is 5.23. The van der Waals surface area contributed by atoms with Crippen LogP contribution in [0.15, 0.2) is 18.3 Å². The Bertz CT molecular complexity index is 301. The molecular weight excluding hydrogens is 224 g/mol. The molecule has 0 radical (unpaired) electrons. The SMILES string of the molecule is CCCN(CCCl)Cc1cccnc1OC. The molecule has 0 atom stereocenters. The number of ether oxygens (including phenoxy) is 1. The number of alkyl halides is 1. The maximum absolute atomic E-state index is 5.78. The summed E-state index contributed by atoms with van der Waals surface area (Å²) in [6, 6.07) is 3.98. The van der Waals surface area contributed by atoms with Crippen LogP contribution in [0.2, 0.25) is 0 Å². The first-order chi connectivity index (χ1) is 7.81. The number of rotatable bonds is 7. The van der Waals surface area contributed by atoms with Crippen molar-refractivity contribution in [2.24, 2.45) is 0 Å². The monoisotopic (exact) mass is 242 g/mol. The van der Waals surface area contributed by atoms with Crippen LogP contribution in [-0.4, -0.2) is 36.0 Å². The van der Waals surface area contributed by atoms with Crippen molar-refractivity contribution in [2.75, 3.05) is 26.1 Å². The van der Waals surface area contributed by atoms with Gasteiger partial charge in [-0.1, -0.05) is 13.0 Å². The fourth-order valence-electron chi connectivity index (χ4n) is 1.67. The zero-order valence-electron chi connectivity index (χ0n) is 9.95. The molecule has 1 aromatic heterocycles. The Morgan fingerprint density at radius 3 is 2.88 bits per heavy atom. The predicted octanol–water partition coefficient (Wildman–Crippen LogP) is 2.54. The van der Waals surface area contributed by atoms with Gasteiger partial charge in [0, 0.05) is 30.7 Å². The average molecular weight is 243 g/mol. The standard InChI is InChI=1S/C12H19ClN2O/c1-3-8-15(9-6-13)10-11-5-4-7-14-12(11)16-2/h4-5,7H,3,6,8-10H2,1-2H3. The lowest BCUT2D eigenvalue weighted by molar-refractivity contribution is 0.275. The molecule has 0 aliphatic rings. The second-order valence-corrected chi connectivity index (χ2v) is 4.01. The second kappa shape index (κ2) is 7.47. The van der Waals surface area contributed by atoms with Crippen molar-refractivity contribution >= 4 is 11.6 Å². The number of nitrogens with zero attached hydrogens (tertiary/aromatic N) is 2. The minimum Gasteiger partial charge on any atom is -0.481 e. The van der Waals surface area contributed by atoms with E-state index in [4.69, 9.17) is 16.3 Å². The highest BCUT2D eigenvalue weighted by atomic mass is 35.5. The molecule has 0 bridgehead atoms. The summed E-state index contributed by atoms with van der Waals surface area (Å²) in [5.74, 6) is 1.36. The lowest BCUT2D eigenvalue weighted by atomic mass is 10.2. The Balaban J connectivity index is 2.67. The summed E-state index contributed by atoms with van der Waals surface area (Å²) in [5, 5.41) is 0. The summed E-state index contributed by atoms with van der Waals surface area (Å²) >= 11 is 5.78. The fourth-order valence-corrected chi connectivity index (χ4v) is 1.91. The van der Waals surface area contributed by atoms with Crippen LogP contribution in [0.25, 0.3) is 0 Å². The lowest BCUT2D eigenvalue weighted by Crippen LogP contribution is -2.26. The van der Waals surface area contributed by atoms with E-state index >= 15 is 0 Å². The number of halogens is 1. The smallest absolute Gasteiger partial charge is 0.217 e. The first-order valence-electron chi connectivity index (χ1n) is 5.58. The molecule has 0 N–H and O–H groups in total. The van der Waals surface area contributed by atoms with E-state index in [0.717, 1.165) is 31.6 Å². The first-order valence-corrected chi connectivity index (χ1v) is 6.11. The van der Waals surface area contributed by atoms with Gasteiger partial charge in [0.05, 0.1) is 7.11 Å². The summed E-state index contributed by atoms with van der Waals surface area (Å²) in [6.45, 7) is 4.96. The summed E-state index contributed by atoms with van der Waals surface area (Å²) in [6.07, 6.45) is 2.87. The molecule has 16 heavy (non-hydrogen) atoms. The van der Waals surface area contributed by atoms with Gasteiger partial charge in [-0.2, -0.15) is 0 Å². The second-order valence-electron chi connectivity index (χ2n) is 3.64. The van der Waals surface area contributed by atoms with Gasteiger partial charge in [-0.05, 0) is 19.0 Å². The van der Waals surface area contributed by atoms with E-state index in [0.29, 0.717) is 11.8 Å². The minimum absolute atomic E-state index is 0.655. The summed E-state index contributed by atoms with van der Waals surface area (Å²) in [4.78, 5) is 6.50. The number of pyridine rings is 1. The van der Waals surface area contributed by atoms with E-state index in [-0.39, 0.29) is 0 Å². The largest absolute Gasteiger partial charge is 0.481 e. The number of hydrogen-bond donors (Lipinski definition) is 0. The summed E-state index contributed by atoms with van der Waals surface area (Å²) in [7, 11) is 1.65. The molecule has 0 saturated heterocycles. The molecular formula is C12H19ClN2O. The highest BCUT2D eigenvalue weighted by Crippen LogP contribution is 2.16. The normalized spacial score (nSPS) is 10.8. The van der Waals surface area contributed by atoms with Crippen molar-refractivity contribution in [3.05, 3.63) is 23.9 Å². The van der Waals surface area contributed by atoms with E-state index in [9.17, 15) is 0 Å². The Kier molecular flexibility index (Phi) is 6.19. The van der Waals surface area contributed by atoms with Gasteiger partial charge in [0.15, 0.2) is 0 Å². The van der Waals surface area contributed by atoms with Gasteiger partial charge in [-0.25, -0.2) is 4.98 Å². The molecule has 0 amide bonds. The molecule has 1 heterocycles. The molecule has 1 aromatic rings. The molecule has 0 spiro atoms. The van der Waals surface area contributed by atoms with E-state index in [1.165, 1.54) is 0 Å². The third-order valence-corrected chi connectivity index (χ3v) is 2.55. The molecule has 1 rings (SSSR count). The van der Waals surface area contributed by atoms with Crippen molar-refractivity contribution in [1.29, 1.82) is 0 Å².